The van der Waals surface area contributed by atoms with E-state index in [2.05, 4.69) is 11.9 Å². The van der Waals surface area contributed by atoms with Crippen molar-refractivity contribution < 1.29 is 14.3 Å². The molecular formula is C13H21NO3. The van der Waals surface area contributed by atoms with Crippen LogP contribution in [0, 0.1) is 5.92 Å². The van der Waals surface area contributed by atoms with Crippen molar-refractivity contribution in [3.63, 3.8) is 0 Å². The molecule has 0 N–H and O–H groups in total. The Hall–Kier alpha value is -1.19. The molecule has 1 heterocycles. The van der Waals surface area contributed by atoms with E-state index in [0.29, 0.717) is 12.3 Å². The van der Waals surface area contributed by atoms with E-state index >= 15 is 0 Å². The molecular weight excluding hydrogens is 218 g/mol. The standard InChI is InChI=1S/C13H21NO3/c1-4-5-6-7-8-14-9(2)11-12(15)10(3)17-13(11)16/h10-11H,4-8H2,1-3H3/t10-,11?/m1/s1. The van der Waals surface area contributed by atoms with Crippen molar-refractivity contribution in [3.8, 4) is 0 Å². The van der Waals surface area contributed by atoms with Crippen LogP contribution in [0.15, 0.2) is 4.99 Å². The Bertz CT molecular complexity index is 323. The fourth-order valence-corrected chi connectivity index (χ4v) is 1.91. The van der Waals surface area contributed by atoms with Gasteiger partial charge in [0.2, 0.25) is 0 Å². The zero-order valence-corrected chi connectivity index (χ0v) is 10.9. The first-order chi connectivity index (χ1) is 8.07. The van der Waals surface area contributed by atoms with Crippen molar-refractivity contribution in [1.82, 2.24) is 0 Å². The summed E-state index contributed by atoms with van der Waals surface area (Å²) in [6.45, 7) is 6.19. The quantitative estimate of drug-likeness (QED) is 0.309. The summed E-state index contributed by atoms with van der Waals surface area (Å²) in [5.41, 5.74) is 0.598. The van der Waals surface area contributed by atoms with Gasteiger partial charge in [0.15, 0.2) is 17.8 Å². The van der Waals surface area contributed by atoms with Gasteiger partial charge < -0.3 is 4.74 Å². The summed E-state index contributed by atoms with van der Waals surface area (Å²) in [6, 6.07) is 0. The minimum atomic E-state index is -0.754. The number of hydrogen-bond acceptors (Lipinski definition) is 4. The van der Waals surface area contributed by atoms with Gasteiger partial charge in [0.05, 0.1) is 0 Å². The van der Waals surface area contributed by atoms with Gasteiger partial charge in [0, 0.05) is 12.3 Å². The van der Waals surface area contributed by atoms with Crippen molar-refractivity contribution in [2.75, 3.05) is 6.54 Å². The second-order valence-electron chi connectivity index (χ2n) is 4.50. The van der Waals surface area contributed by atoms with Crippen LogP contribution in [0.3, 0.4) is 0 Å². The van der Waals surface area contributed by atoms with Gasteiger partial charge in [-0.05, 0) is 20.3 Å². The maximum atomic E-state index is 11.7. The summed E-state index contributed by atoms with van der Waals surface area (Å²) in [4.78, 5) is 27.4. The first-order valence-electron chi connectivity index (χ1n) is 6.33. The Labute approximate surface area is 102 Å². The maximum absolute atomic E-state index is 11.7. The molecule has 0 aromatic rings. The van der Waals surface area contributed by atoms with Crippen LogP contribution in [0.2, 0.25) is 0 Å². The molecule has 1 saturated heterocycles. The minimum absolute atomic E-state index is 0.162. The molecule has 0 saturated carbocycles. The number of carbonyl (C=O) groups is 2. The molecule has 0 aliphatic carbocycles. The van der Waals surface area contributed by atoms with Crippen molar-refractivity contribution in [2.24, 2.45) is 10.9 Å². The lowest BCUT2D eigenvalue weighted by atomic mass is 9.99. The predicted molar refractivity (Wildman–Crippen MR) is 66.2 cm³/mol. The van der Waals surface area contributed by atoms with Crippen LogP contribution in [0.4, 0.5) is 0 Å². The molecule has 4 nitrogen and oxygen atoms in total. The first-order valence-corrected chi connectivity index (χ1v) is 6.33. The van der Waals surface area contributed by atoms with Gasteiger partial charge in [-0.15, -0.1) is 0 Å². The van der Waals surface area contributed by atoms with Crippen LogP contribution in [0.25, 0.3) is 0 Å². The number of aliphatic imine (C=N–C) groups is 1. The monoisotopic (exact) mass is 239 g/mol. The number of ketones is 1. The average Bonchev–Trinajstić information content (AvgIpc) is 2.53. The summed E-state index contributed by atoms with van der Waals surface area (Å²) in [7, 11) is 0. The Morgan fingerprint density at radius 3 is 2.53 bits per heavy atom. The molecule has 0 aromatic heterocycles. The van der Waals surface area contributed by atoms with Crippen LogP contribution >= 0.6 is 0 Å². The number of Topliss-reactive ketones (excluding diaryl/α,β-unsaturated/α-hetero) is 1. The average molecular weight is 239 g/mol. The molecule has 1 rings (SSSR count). The van der Waals surface area contributed by atoms with E-state index in [9.17, 15) is 9.59 Å². The fraction of sp³-hybridized carbons (Fsp3) is 0.769. The maximum Gasteiger partial charge on any atom is 0.323 e. The minimum Gasteiger partial charge on any atom is -0.454 e. The molecule has 17 heavy (non-hydrogen) atoms. The van der Waals surface area contributed by atoms with Gasteiger partial charge in [-0.1, -0.05) is 26.2 Å². The summed E-state index contributed by atoms with van der Waals surface area (Å²) < 4.78 is 4.88. The van der Waals surface area contributed by atoms with E-state index in [4.69, 9.17) is 4.74 Å². The van der Waals surface area contributed by atoms with Gasteiger partial charge in [0.25, 0.3) is 0 Å². The molecule has 0 amide bonds. The van der Waals surface area contributed by atoms with E-state index in [1.165, 1.54) is 12.8 Å². The number of carbonyl (C=O) groups excluding carboxylic acids is 2. The fourth-order valence-electron chi connectivity index (χ4n) is 1.91. The highest BCUT2D eigenvalue weighted by atomic mass is 16.6. The van der Waals surface area contributed by atoms with Gasteiger partial charge >= 0.3 is 5.97 Å². The van der Waals surface area contributed by atoms with Crippen molar-refractivity contribution in [2.45, 2.75) is 52.6 Å². The van der Waals surface area contributed by atoms with E-state index < -0.39 is 18.0 Å². The molecule has 0 bridgehead atoms. The summed E-state index contributed by atoms with van der Waals surface area (Å²) in [5, 5.41) is 0. The molecule has 0 aromatic carbocycles. The largest absolute Gasteiger partial charge is 0.454 e. The number of hydrogen-bond donors (Lipinski definition) is 0. The zero-order chi connectivity index (χ0) is 12.8. The molecule has 1 fully saturated rings. The van der Waals surface area contributed by atoms with E-state index in [1.807, 2.05) is 0 Å². The van der Waals surface area contributed by atoms with Gasteiger partial charge in [-0.25, -0.2) is 0 Å². The predicted octanol–water partition coefficient (Wildman–Crippen LogP) is 2.16. The second kappa shape index (κ2) is 6.52. The van der Waals surface area contributed by atoms with E-state index in [1.54, 1.807) is 13.8 Å². The van der Waals surface area contributed by atoms with Crippen LogP contribution < -0.4 is 0 Å². The van der Waals surface area contributed by atoms with Crippen molar-refractivity contribution in [3.05, 3.63) is 0 Å². The lowest BCUT2D eigenvalue weighted by Gasteiger charge is -2.04. The Morgan fingerprint density at radius 2 is 2.00 bits per heavy atom. The third-order valence-corrected chi connectivity index (χ3v) is 3.00. The Kier molecular flexibility index (Phi) is 5.32. The van der Waals surface area contributed by atoms with Crippen LogP contribution in [0.5, 0.6) is 0 Å². The number of cyclic esters (lactones) is 1. The number of nitrogens with zero attached hydrogens (tertiary/aromatic N) is 1. The smallest absolute Gasteiger partial charge is 0.323 e. The first kappa shape index (κ1) is 13.9. The number of ether oxygens (including phenoxy) is 1. The lowest BCUT2D eigenvalue weighted by molar-refractivity contribution is -0.142. The Morgan fingerprint density at radius 1 is 1.29 bits per heavy atom. The third-order valence-electron chi connectivity index (χ3n) is 3.00. The molecule has 1 aliphatic heterocycles. The number of esters is 1. The molecule has 1 aliphatic rings. The molecule has 4 heteroatoms. The SMILES string of the molecule is CCCCCCN=C(C)C1C(=O)O[C@H](C)C1=O. The van der Waals surface area contributed by atoms with Crippen LogP contribution in [-0.4, -0.2) is 30.1 Å². The van der Waals surface area contributed by atoms with Gasteiger partial charge in [-0.2, -0.15) is 0 Å². The normalized spacial score (nSPS) is 25.2. The lowest BCUT2D eigenvalue weighted by Crippen LogP contribution is -2.25. The van der Waals surface area contributed by atoms with Crippen LogP contribution in [-0.2, 0) is 14.3 Å². The summed E-state index contributed by atoms with van der Waals surface area (Å²) in [5.74, 6) is -1.36. The summed E-state index contributed by atoms with van der Waals surface area (Å²) in [6.07, 6.45) is 3.94. The van der Waals surface area contributed by atoms with Crippen molar-refractivity contribution in [1.29, 1.82) is 0 Å². The van der Waals surface area contributed by atoms with Crippen LogP contribution in [0.1, 0.15) is 46.5 Å². The topological polar surface area (TPSA) is 55.7 Å². The zero-order valence-electron chi connectivity index (χ0n) is 10.9. The van der Waals surface area contributed by atoms with E-state index in [-0.39, 0.29) is 5.78 Å². The Balaban J connectivity index is 2.46. The number of unbranched alkanes of at least 4 members (excludes halogenated alkanes) is 3. The molecule has 0 radical (unpaired) electrons. The molecule has 0 spiro atoms. The highest BCUT2D eigenvalue weighted by molar-refractivity contribution is 6.22. The third kappa shape index (κ3) is 3.65. The van der Waals surface area contributed by atoms with E-state index in [0.717, 1.165) is 12.8 Å². The second-order valence-corrected chi connectivity index (χ2v) is 4.50. The van der Waals surface area contributed by atoms with Gasteiger partial charge in [0.1, 0.15) is 0 Å². The molecule has 2 atom stereocenters. The highest BCUT2D eigenvalue weighted by Gasteiger charge is 2.42. The number of rotatable bonds is 6. The summed E-state index contributed by atoms with van der Waals surface area (Å²) >= 11 is 0. The van der Waals surface area contributed by atoms with Gasteiger partial charge in [-0.3, -0.25) is 14.6 Å². The molecule has 96 valence electrons. The van der Waals surface area contributed by atoms with Crippen molar-refractivity contribution >= 4 is 17.5 Å². The molecule has 1 unspecified atom stereocenters. The highest BCUT2D eigenvalue weighted by Crippen LogP contribution is 2.18.